The third kappa shape index (κ3) is 1.84. The third-order valence-corrected chi connectivity index (χ3v) is 2.59. The first kappa shape index (κ1) is 9.24. The average Bonchev–Trinajstić information content (AvgIpc) is 2.04. The van der Waals surface area contributed by atoms with Gasteiger partial charge in [-0.2, -0.15) is 0 Å². The lowest BCUT2D eigenvalue weighted by Crippen LogP contribution is -2.23. The average molecular weight is 164 g/mol. The Balaban J connectivity index is 2.76. The van der Waals surface area contributed by atoms with Crippen molar-refractivity contribution in [1.82, 2.24) is 0 Å². The van der Waals surface area contributed by atoms with Crippen LogP contribution in [0.4, 0.5) is 0 Å². The lowest BCUT2D eigenvalue weighted by atomic mass is 9.77. The molecule has 0 aliphatic heterocycles. The van der Waals surface area contributed by atoms with Gasteiger partial charge in [-0.05, 0) is 32.6 Å². The van der Waals surface area contributed by atoms with E-state index in [4.69, 9.17) is 0 Å². The Morgan fingerprint density at radius 1 is 1.25 bits per heavy atom. The highest BCUT2D eigenvalue weighted by atomic mass is 16.1. The Kier molecular flexibility index (Phi) is 2.85. The molecule has 2 atom stereocenters. The van der Waals surface area contributed by atoms with Gasteiger partial charge < -0.3 is 0 Å². The zero-order valence-corrected chi connectivity index (χ0v) is 7.84. The van der Waals surface area contributed by atoms with Gasteiger partial charge >= 0.3 is 0 Å². The van der Waals surface area contributed by atoms with Gasteiger partial charge in [0.2, 0.25) is 0 Å². The van der Waals surface area contributed by atoms with Crippen LogP contribution in [0.2, 0.25) is 0 Å². The van der Waals surface area contributed by atoms with E-state index in [2.05, 4.69) is 18.7 Å². The summed E-state index contributed by atoms with van der Waals surface area (Å²) < 4.78 is 0. The molecule has 0 saturated heterocycles. The first-order chi connectivity index (χ1) is 5.63. The highest BCUT2D eigenvalue weighted by molar-refractivity contribution is 5.79. The van der Waals surface area contributed by atoms with Crippen LogP contribution in [0.1, 0.15) is 26.7 Å². The Morgan fingerprint density at radius 2 is 1.75 bits per heavy atom. The lowest BCUT2D eigenvalue weighted by Gasteiger charge is -2.26. The smallest absolute Gasteiger partial charge is 0.133 e. The maximum absolute atomic E-state index is 11.2. The predicted octanol–water partition coefficient (Wildman–Crippen LogP) is 2.73. The molecule has 1 aliphatic rings. The molecule has 0 amide bonds. The topological polar surface area (TPSA) is 17.1 Å². The summed E-state index contributed by atoms with van der Waals surface area (Å²) in [5.41, 5.74) is 1.14. The maximum atomic E-state index is 11.2. The summed E-state index contributed by atoms with van der Waals surface area (Å²) in [4.78, 5) is 11.2. The van der Waals surface area contributed by atoms with E-state index >= 15 is 0 Å². The summed E-state index contributed by atoms with van der Waals surface area (Å²) in [5.74, 6) is 0.868. The Morgan fingerprint density at radius 3 is 2.08 bits per heavy atom. The SMILES string of the molecule is C=C(C)C1CC=CCC1C(C)=O. The van der Waals surface area contributed by atoms with Gasteiger partial charge in [0.1, 0.15) is 5.78 Å². The highest BCUT2D eigenvalue weighted by Crippen LogP contribution is 2.30. The minimum Gasteiger partial charge on any atom is -0.300 e. The van der Waals surface area contributed by atoms with Crippen LogP contribution in [-0.2, 0) is 4.79 Å². The minimum absolute atomic E-state index is 0.187. The molecule has 0 aromatic carbocycles. The molecular formula is C11H16O. The molecule has 1 rings (SSSR count). The number of hydrogen-bond acceptors (Lipinski definition) is 1. The van der Waals surface area contributed by atoms with Gasteiger partial charge in [0, 0.05) is 5.92 Å². The molecule has 12 heavy (non-hydrogen) atoms. The van der Waals surface area contributed by atoms with Crippen molar-refractivity contribution in [3.05, 3.63) is 24.3 Å². The molecule has 0 aromatic rings. The van der Waals surface area contributed by atoms with Gasteiger partial charge in [-0.25, -0.2) is 0 Å². The third-order valence-electron chi connectivity index (χ3n) is 2.59. The second kappa shape index (κ2) is 3.70. The molecule has 0 spiro atoms. The molecule has 0 bridgehead atoms. The minimum atomic E-state index is 0.187. The lowest BCUT2D eigenvalue weighted by molar-refractivity contribution is -0.121. The van der Waals surface area contributed by atoms with Crippen LogP contribution in [0.3, 0.4) is 0 Å². The molecule has 66 valence electrons. The van der Waals surface area contributed by atoms with Gasteiger partial charge in [0.15, 0.2) is 0 Å². The zero-order valence-electron chi connectivity index (χ0n) is 7.84. The highest BCUT2D eigenvalue weighted by Gasteiger charge is 2.26. The summed E-state index contributed by atoms with van der Waals surface area (Å²) in [5, 5.41) is 0. The van der Waals surface area contributed by atoms with Crippen molar-refractivity contribution < 1.29 is 4.79 Å². The molecule has 1 heteroatoms. The number of ketones is 1. The second-order valence-electron chi connectivity index (χ2n) is 3.61. The van der Waals surface area contributed by atoms with Gasteiger partial charge in [-0.15, -0.1) is 0 Å². The standard InChI is InChI=1S/C11H16O/c1-8(2)10-6-4-5-7-11(10)9(3)12/h4-5,10-11H,1,6-7H2,2-3H3. The summed E-state index contributed by atoms with van der Waals surface area (Å²) in [6.45, 7) is 7.62. The van der Waals surface area contributed by atoms with Crippen LogP contribution in [0.5, 0.6) is 0 Å². The summed E-state index contributed by atoms with van der Waals surface area (Å²) in [6.07, 6.45) is 6.14. The molecule has 1 nitrogen and oxygen atoms in total. The summed E-state index contributed by atoms with van der Waals surface area (Å²) in [6, 6.07) is 0. The molecule has 0 saturated carbocycles. The van der Waals surface area contributed by atoms with E-state index in [-0.39, 0.29) is 5.92 Å². The van der Waals surface area contributed by atoms with Gasteiger partial charge in [0.05, 0.1) is 0 Å². The predicted molar refractivity (Wildman–Crippen MR) is 50.8 cm³/mol. The van der Waals surface area contributed by atoms with E-state index in [1.165, 1.54) is 0 Å². The fraction of sp³-hybridized carbons (Fsp3) is 0.545. The maximum Gasteiger partial charge on any atom is 0.133 e. The number of carbonyl (C=O) groups excluding carboxylic acids is 1. The Labute approximate surface area is 74.2 Å². The molecule has 1 aliphatic carbocycles. The van der Waals surface area contributed by atoms with Crippen molar-refractivity contribution >= 4 is 5.78 Å². The van der Waals surface area contributed by atoms with E-state index in [1.54, 1.807) is 6.92 Å². The Bertz CT molecular complexity index is 201. The normalized spacial score (nSPS) is 28.5. The van der Waals surface area contributed by atoms with Crippen molar-refractivity contribution in [2.75, 3.05) is 0 Å². The molecule has 0 radical (unpaired) electrons. The molecular weight excluding hydrogens is 148 g/mol. The second-order valence-corrected chi connectivity index (χ2v) is 3.61. The largest absolute Gasteiger partial charge is 0.300 e. The van der Waals surface area contributed by atoms with Crippen molar-refractivity contribution in [3.63, 3.8) is 0 Å². The van der Waals surface area contributed by atoms with Crippen molar-refractivity contribution in [3.8, 4) is 0 Å². The molecule has 0 aromatic heterocycles. The Hall–Kier alpha value is -0.850. The van der Waals surface area contributed by atoms with E-state index in [9.17, 15) is 4.79 Å². The molecule has 0 fully saturated rings. The first-order valence-electron chi connectivity index (χ1n) is 4.43. The van der Waals surface area contributed by atoms with Crippen LogP contribution in [0.25, 0.3) is 0 Å². The number of rotatable bonds is 2. The van der Waals surface area contributed by atoms with Gasteiger partial charge in [-0.3, -0.25) is 4.79 Å². The molecule has 2 unspecified atom stereocenters. The van der Waals surface area contributed by atoms with Crippen molar-refractivity contribution in [1.29, 1.82) is 0 Å². The van der Waals surface area contributed by atoms with Crippen molar-refractivity contribution in [2.24, 2.45) is 11.8 Å². The van der Waals surface area contributed by atoms with Crippen LogP contribution in [-0.4, -0.2) is 5.78 Å². The number of allylic oxidation sites excluding steroid dienone is 3. The van der Waals surface area contributed by atoms with Crippen molar-refractivity contribution in [2.45, 2.75) is 26.7 Å². The number of carbonyl (C=O) groups is 1. The van der Waals surface area contributed by atoms with Crippen LogP contribution in [0.15, 0.2) is 24.3 Å². The van der Waals surface area contributed by atoms with Crippen LogP contribution < -0.4 is 0 Å². The fourth-order valence-corrected chi connectivity index (χ4v) is 1.81. The molecule has 0 N–H and O–H groups in total. The van der Waals surface area contributed by atoms with E-state index < -0.39 is 0 Å². The van der Waals surface area contributed by atoms with E-state index in [0.717, 1.165) is 18.4 Å². The quantitative estimate of drug-likeness (QED) is 0.573. The number of Topliss-reactive ketones (excluding diaryl/α,β-unsaturated/α-hetero) is 1. The van der Waals surface area contributed by atoms with Crippen LogP contribution in [0, 0.1) is 11.8 Å². The van der Waals surface area contributed by atoms with Crippen LogP contribution >= 0.6 is 0 Å². The fourth-order valence-electron chi connectivity index (χ4n) is 1.81. The van der Waals surface area contributed by atoms with Gasteiger partial charge in [0.25, 0.3) is 0 Å². The summed E-state index contributed by atoms with van der Waals surface area (Å²) >= 11 is 0. The monoisotopic (exact) mass is 164 g/mol. The van der Waals surface area contributed by atoms with E-state index in [0.29, 0.717) is 11.7 Å². The van der Waals surface area contributed by atoms with E-state index in [1.807, 2.05) is 6.92 Å². The zero-order chi connectivity index (χ0) is 9.14. The number of hydrogen-bond donors (Lipinski definition) is 0. The first-order valence-corrected chi connectivity index (χ1v) is 4.43. The molecule has 0 heterocycles. The van der Waals surface area contributed by atoms with Gasteiger partial charge in [-0.1, -0.05) is 24.3 Å². The summed E-state index contributed by atoms with van der Waals surface area (Å²) in [7, 11) is 0.